The van der Waals surface area contributed by atoms with E-state index in [-0.39, 0.29) is 24.8 Å². The van der Waals surface area contributed by atoms with E-state index in [2.05, 4.69) is 5.32 Å². The molecule has 2 atom stereocenters. The van der Waals surface area contributed by atoms with Gasteiger partial charge in [-0.25, -0.2) is 0 Å². The molecule has 2 saturated heterocycles. The lowest BCUT2D eigenvalue weighted by Gasteiger charge is -2.46. The number of likely N-dealkylation sites (tertiary alicyclic amines) is 1. The number of piperidine rings is 2. The number of rotatable bonds is 4. The van der Waals surface area contributed by atoms with Crippen LogP contribution >= 0.6 is 0 Å². The Bertz CT molecular complexity index is 693. The van der Waals surface area contributed by atoms with Gasteiger partial charge in [0.25, 0.3) is 0 Å². The van der Waals surface area contributed by atoms with Crippen LogP contribution in [0.4, 0.5) is 0 Å². The molecule has 2 amide bonds. The van der Waals surface area contributed by atoms with Crippen LogP contribution in [-0.4, -0.2) is 61.8 Å². The van der Waals surface area contributed by atoms with Gasteiger partial charge in [-0.05, 0) is 37.0 Å². The number of aliphatic hydroxyl groups excluding tert-OH is 1. The number of nitrogens with zero attached hydrogens (tertiary/aromatic N) is 1. The average molecular weight is 362 g/mol. The van der Waals surface area contributed by atoms with Crippen LogP contribution in [-0.2, 0) is 16.0 Å². The Balaban J connectivity index is 1.73. The van der Waals surface area contributed by atoms with Gasteiger partial charge in [-0.1, -0.05) is 6.07 Å². The first-order chi connectivity index (χ1) is 12.5. The highest BCUT2D eigenvalue weighted by Gasteiger charge is 2.50. The zero-order chi connectivity index (χ0) is 18.7. The van der Waals surface area contributed by atoms with E-state index in [0.717, 1.165) is 12.0 Å². The third kappa shape index (κ3) is 3.35. The van der Waals surface area contributed by atoms with Gasteiger partial charge in [0.1, 0.15) is 0 Å². The number of benzene rings is 1. The van der Waals surface area contributed by atoms with Crippen molar-refractivity contribution in [2.24, 2.45) is 5.41 Å². The number of aliphatic hydroxyl groups is 1. The molecule has 142 valence electrons. The summed E-state index contributed by atoms with van der Waals surface area (Å²) < 4.78 is 10.5. The number of hydrogen-bond donors (Lipinski definition) is 2. The standard InChI is InChI=1S/C19H26N2O5/c1-25-14-5-4-13(10-15(14)26-2)11-17(23)21-9-6-16(22)19(12-21)7-3-8-20-18(19)24/h4-5,10,16,22H,3,6-9,11-12H2,1-2H3,(H,20,24)/t16-,19+/m0/s1. The molecule has 0 aromatic heterocycles. The molecule has 7 nitrogen and oxygen atoms in total. The van der Waals surface area contributed by atoms with Crippen molar-refractivity contribution in [3.8, 4) is 11.5 Å². The van der Waals surface area contributed by atoms with Gasteiger partial charge in [-0.2, -0.15) is 0 Å². The summed E-state index contributed by atoms with van der Waals surface area (Å²) in [6.07, 6.45) is 1.37. The summed E-state index contributed by atoms with van der Waals surface area (Å²) in [7, 11) is 3.12. The molecule has 2 heterocycles. The first kappa shape index (κ1) is 18.5. The van der Waals surface area contributed by atoms with Crippen molar-refractivity contribution in [2.75, 3.05) is 33.9 Å². The molecule has 2 N–H and O–H groups in total. The third-order valence-corrected chi connectivity index (χ3v) is 5.48. The van der Waals surface area contributed by atoms with Gasteiger partial charge in [0.05, 0.1) is 32.2 Å². The highest BCUT2D eigenvalue weighted by atomic mass is 16.5. The molecule has 2 aliphatic heterocycles. The fourth-order valence-corrected chi connectivity index (χ4v) is 3.93. The van der Waals surface area contributed by atoms with E-state index < -0.39 is 11.5 Å². The van der Waals surface area contributed by atoms with Crippen molar-refractivity contribution in [3.05, 3.63) is 23.8 Å². The molecule has 2 aliphatic rings. The summed E-state index contributed by atoms with van der Waals surface area (Å²) in [5.74, 6) is 0.999. The van der Waals surface area contributed by atoms with Crippen LogP contribution in [0.1, 0.15) is 24.8 Å². The normalized spacial score (nSPS) is 25.7. The fraction of sp³-hybridized carbons (Fsp3) is 0.579. The van der Waals surface area contributed by atoms with Gasteiger partial charge in [-0.3, -0.25) is 9.59 Å². The predicted molar refractivity (Wildman–Crippen MR) is 95.1 cm³/mol. The van der Waals surface area contributed by atoms with Crippen LogP contribution in [0.2, 0.25) is 0 Å². The van der Waals surface area contributed by atoms with E-state index in [1.54, 1.807) is 31.3 Å². The Hall–Kier alpha value is -2.28. The van der Waals surface area contributed by atoms with Crippen LogP contribution in [0.25, 0.3) is 0 Å². The van der Waals surface area contributed by atoms with Crippen LogP contribution in [0, 0.1) is 5.41 Å². The largest absolute Gasteiger partial charge is 0.493 e. The molecule has 1 aromatic rings. The predicted octanol–water partition coefficient (Wildman–Crippen LogP) is 0.736. The van der Waals surface area contributed by atoms with Gasteiger partial charge < -0.3 is 24.8 Å². The van der Waals surface area contributed by atoms with Gasteiger partial charge in [0.2, 0.25) is 11.8 Å². The van der Waals surface area contributed by atoms with Crippen molar-refractivity contribution in [1.29, 1.82) is 0 Å². The molecule has 0 unspecified atom stereocenters. The van der Waals surface area contributed by atoms with Crippen molar-refractivity contribution < 1.29 is 24.2 Å². The molecule has 1 aromatic carbocycles. The van der Waals surface area contributed by atoms with Crippen LogP contribution in [0.5, 0.6) is 11.5 Å². The number of hydrogen-bond acceptors (Lipinski definition) is 5. The number of nitrogens with one attached hydrogen (secondary N) is 1. The number of carbonyl (C=O) groups is 2. The minimum atomic E-state index is -0.871. The van der Waals surface area contributed by atoms with Gasteiger partial charge >= 0.3 is 0 Å². The van der Waals surface area contributed by atoms with E-state index in [9.17, 15) is 14.7 Å². The molecule has 0 saturated carbocycles. The maximum Gasteiger partial charge on any atom is 0.230 e. The Morgan fingerprint density at radius 2 is 2.12 bits per heavy atom. The van der Waals surface area contributed by atoms with E-state index in [1.165, 1.54) is 0 Å². The Labute approximate surface area is 153 Å². The van der Waals surface area contributed by atoms with E-state index >= 15 is 0 Å². The second-order valence-electron chi connectivity index (χ2n) is 7.00. The van der Waals surface area contributed by atoms with E-state index in [0.29, 0.717) is 37.4 Å². The van der Waals surface area contributed by atoms with Crippen LogP contribution in [0.15, 0.2) is 18.2 Å². The second kappa shape index (κ2) is 7.53. The van der Waals surface area contributed by atoms with E-state index in [1.807, 2.05) is 6.07 Å². The Morgan fingerprint density at radius 3 is 2.81 bits per heavy atom. The lowest BCUT2D eigenvalue weighted by atomic mass is 9.71. The van der Waals surface area contributed by atoms with Crippen LogP contribution < -0.4 is 14.8 Å². The number of methoxy groups -OCH3 is 2. The first-order valence-electron chi connectivity index (χ1n) is 8.95. The lowest BCUT2D eigenvalue weighted by Crippen LogP contribution is -2.62. The summed E-state index contributed by atoms with van der Waals surface area (Å²) >= 11 is 0. The highest BCUT2D eigenvalue weighted by molar-refractivity contribution is 5.86. The monoisotopic (exact) mass is 362 g/mol. The molecule has 3 rings (SSSR count). The fourth-order valence-electron chi connectivity index (χ4n) is 3.93. The summed E-state index contributed by atoms with van der Waals surface area (Å²) in [6.45, 7) is 1.36. The van der Waals surface area contributed by atoms with Crippen molar-refractivity contribution in [3.63, 3.8) is 0 Å². The molecule has 2 fully saturated rings. The molecular weight excluding hydrogens is 336 g/mol. The maximum absolute atomic E-state index is 12.8. The van der Waals surface area contributed by atoms with Crippen molar-refractivity contribution in [1.82, 2.24) is 10.2 Å². The van der Waals surface area contributed by atoms with Gasteiger partial charge in [0, 0.05) is 19.6 Å². The van der Waals surface area contributed by atoms with Crippen LogP contribution in [0.3, 0.4) is 0 Å². The number of carbonyl (C=O) groups excluding carboxylic acids is 2. The number of amides is 2. The maximum atomic E-state index is 12.8. The number of ether oxygens (including phenoxy) is 2. The average Bonchev–Trinajstić information content (AvgIpc) is 2.66. The molecule has 0 bridgehead atoms. The lowest BCUT2D eigenvalue weighted by molar-refractivity contribution is -0.154. The molecular formula is C19H26N2O5. The SMILES string of the molecule is COc1ccc(CC(=O)N2CC[C@H](O)[C@@]3(CCCNC3=O)C2)cc1OC. The van der Waals surface area contributed by atoms with Gasteiger partial charge in [0.15, 0.2) is 11.5 Å². The molecule has 0 aliphatic carbocycles. The summed E-state index contributed by atoms with van der Waals surface area (Å²) in [5.41, 5.74) is -0.0510. The van der Waals surface area contributed by atoms with E-state index in [4.69, 9.17) is 9.47 Å². The first-order valence-corrected chi connectivity index (χ1v) is 8.95. The zero-order valence-corrected chi connectivity index (χ0v) is 15.3. The molecule has 1 spiro atoms. The Kier molecular flexibility index (Phi) is 5.36. The second-order valence-corrected chi connectivity index (χ2v) is 7.00. The summed E-state index contributed by atoms with van der Waals surface area (Å²) in [5, 5.41) is 13.3. The minimum absolute atomic E-state index is 0.0538. The van der Waals surface area contributed by atoms with Gasteiger partial charge in [-0.15, -0.1) is 0 Å². The zero-order valence-electron chi connectivity index (χ0n) is 15.3. The topological polar surface area (TPSA) is 88.1 Å². The van der Waals surface area contributed by atoms with Crippen molar-refractivity contribution >= 4 is 11.8 Å². The van der Waals surface area contributed by atoms with Crippen molar-refractivity contribution in [2.45, 2.75) is 31.8 Å². The molecule has 7 heteroatoms. The smallest absolute Gasteiger partial charge is 0.230 e. The molecule has 0 radical (unpaired) electrons. The Morgan fingerprint density at radius 1 is 1.35 bits per heavy atom. The highest BCUT2D eigenvalue weighted by Crippen LogP contribution is 2.37. The molecule has 26 heavy (non-hydrogen) atoms. The third-order valence-electron chi connectivity index (χ3n) is 5.48. The summed E-state index contributed by atoms with van der Waals surface area (Å²) in [6, 6.07) is 5.40. The minimum Gasteiger partial charge on any atom is -0.493 e. The summed E-state index contributed by atoms with van der Waals surface area (Å²) in [4.78, 5) is 26.9. The quantitative estimate of drug-likeness (QED) is 0.825.